The molecular weight excluding hydrogens is 456 g/mol. The Morgan fingerprint density at radius 3 is 2.67 bits per heavy atom. The van der Waals surface area contributed by atoms with Gasteiger partial charge >= 0.3 is 0 Å². The van der Waals surface area contributed by atoms with Gasteiger partial charge in [-0.15, -0.1) is 5.10 Å². The van der Waals surface area contributed by atoms with Crippen LogP contribution >= 0.6 is 0 Å². The Kier molecular flexibility index (Phi) is 8.45. The van der Waals surface area contributed by atoms with Gasteiger partial charge in [-0.3, -0.25) is 9.69 Å². The van der Waals surface area contributed by atoms with Gasteiger partial charge in [-0.25, -0.2) is 4.68 Å². The lowest BCUT2D eigenvalue weighted by atomic mass is 10.00. The number of benzene rings is 2. The highest BCUT2D eigenvalue weighted by Crippen LogP contribution is 2.28. The number of aryl methyl sites for hydroxylation is 2. The molecule has 4 aromatic rings. The maximum atomic E-state index is 13.0. The lowest BCUT2D eigenvalue weighted by Crippen LogP contribution is -2.37. The molecule has 0 fully saturated rings. The first-order valence-corrected chi connectivity index (χ1v) is 12.4. The summed E-state index contributed by atoms with van der Waals surface area (Å²) < 4.78 is 7.46. The number of fused-ring (bicyclic) bond motifs is 1. The van der Waals surface area contributed by atoms with E-state index in [-0.39, 0.29) is 24.1 Å². The Hall–Kier alpha value is -3.56. The lowest BCUT2D eigenvalue weighted by molar-refractivity contribution is 0.105. The first-order valence-electron chi connectivity index (χ1n) is 12.4. The largest absolute Gasteiger partial charge is 0.494 e. The summed E-state index contributed by atoms with van der Waals surface area (Å²) in [5.41, 5.74) is 2.42. The molecule has 2 N–H and O–H groups in total. The van der Waals surface area contributed by atoms with Crippen LogP contribution in [0.15, 0.2) is 59.4 Å². The molecule has 36 heavy (non-hydrogen) atoms. The predicted molar refractivity (Wildman–Crippen MR) is 139 cm³/mol. The SMILES string of the molecule is CCOc1ccc2[nH]c(=O)c(CN(CCO)C(c3nnnn3CCc3ccccc3)C(C)C)cc2c1. The second kappa shape index (κ2) is 11.9. The third-order valence-corrected chi connectivity index (χ3v) is 6.27. The Morgan fingerprint density at radius 1 is 1.14 bits per heavy atom. The highest BCUT2D eigenvalue weighted by molar-refractivity contribution is 5.80. The van der Waals surface area contributed by atoms with Crippen LogP contribution in [0.25, 0.3) is 10.9 Å². The first kappa shape index (κ1) is 25.5. The molecule has 9 heteroatoms. The molecule has 2 aromatic carbocycles. The fourth-order valence-corrected chi connectivity index (χ4v) is 4.61. The number of nitrogens with one attached hydrogen (secondary N) is 1. The van der Waals surface area contributed by atoms with E-state index >= 15 is 0 Å². The van der Waals surface area contributed by atoms with E-state index in [1.807, 2.05) is 54.1 Å². The zero-order valence-electron chi connectivity index (χ0n) is 21.1. The van der Waals surface area contributed by atoms with E-state index in [0.717, 1.165) is 28.9 Å². The standard InChI is InChI=1S/C27H34N6O3/c1-4-36-23-10-11-24-21(17-23)16-22(27(35)28-24)18-32(14-15-34)25(19(2)3)26-29-30-31-33(26)13-12-20-8-6-5-7-9-20/h5-11,16-17,19,25,34H,4,12-15,18H2,1-3H3,(H,28,35). The van der Waals surface area contributed by atoms with Crippen LogP contribution in [-0.4, -0.2) is 55.0 Å². The van der Waals surface area contributed by atoms with Crippen LogP contribution in [0.2, 0.25) is 0 Å². The normalized spacial score (nSPS) is 12.5. The van der Waals surface area contributed by atoms with Crippen molar-refractivity contribution in [2.45, 2.75) is 46.3 Å². The van der Waals surface area contributed by atoms with Gasteiger partial charge < -0.3 is 14.8 Å². The molecule has 2 heterocycles. The Bertz CT molecular complexity index is 1320. The Morgan fingerprint density at radius 2 is 1.94 bits per heavy atom. The number of ether oxygens (including phenoxy) is 1. The quantitative estimate of drug-likeness (QED) is 0.313. The first-order chi connectivity index (χ1) is 17.5. The third-order valence-electron chi connectivity index (χ3n) is 6.27. The molecule has 2 aromatic heterocycles. The number of aromatic amines is 1. The lowest BCUT2D eigenvalue weighted by Gasteiger charge is -2.33. The van der Waals surface area contributed by atoms with Gasteiger partial charge in [0, 0.05) is 36.1 Å². The van der Waals surface area contributed by atoms with Gasteiger partial charge in [0.2, 0.25) is 0 Å². The van der Waals surface area contributed by atoms with E-state index in [0.29, 0.717) is 31.8 Å². The van der Waals surface area contributed by atoms with Crippen molar-refractivity contribution < 1.29 is 9.84 Å². The molecule has 0 bridgehead atoms. The summed E-state index contributed by atoms with van der Waals surface area (Å²) in [7, 11) is 0. The van der Waals surface area contributed by atoms with Gasteiger partial charge in [0.1, 0.15) is 5.75 Å². The fraction of sp³-hybridized carbons (Fsp3) is 0.407. The highest BCUT2D eigenvalue weighted by Gasteiger charge is 2.29. The maximum absolute atomic E-state index is 13.0. The molecule has 1 atom stereocenters. The number of H-pyrrole nitrogens is 1. The fourth-order valence-electron chi connectivity index (χ4n) is 4.61. The van der Waals surface area contributed by atoms with Gasteiger partial charge in [-0.05, 0) is 59.5 Å². The molecule has 0 radical (unpaired) electrons. The zero-order chi connectivity index (χ0) is 25.5. The molecule has 0 aliphatic rings. The van der Waals surface area contributed by atoms with Crippen molar-refractivity contribution in [2.24, 2.45) is 5.92 Å². The van der Waals surface area contributed by atoms with E-state index in [4.69, 9.17) is 4.74 Å². The van der Waals surface area contributed by atoms with E-state index in [1.54, 1.807) is 0 Å². The molecule has 0 saturated heterocycles. The maximum Gasteiger partial charge on any atom is 0.252 e. The van der Waals surface area contributed by atoms with Crippen LogP contribution in [0, 0.1) is 5.92 Å². The smallest absolute Gasteiger partial charge is 0.252 e. The minimum atomic E-state index is -0.187. The third kappa shape index (κ3) is 5.98. The van der Waals surface area contributed by atoms with Gasteiger partial charge in [0.25, 0.3) is 5.56 Å². The van der Waals surface area contributed by atoms with Crippen molar-refractivity contribution in [3.05, 3.63) is 81.9 Å². The topological polar surface area (TPSA) is 109 Å². The average Bonchev–Trinajstić information content (AvgIpc) is 3.32. The minimum Gasteiger partial charge on any atom is -0.494 e. The zero-order valence-corrected chi connectivity index (χ0v) is 21.1. The molecule has 0 saturated carbocycles. The predicted octanol–water partition coefficient (Wildman–Crippen LogP) is 3.35. The number of pyridine rings is 1. The van der Waals surface area contributed by atoms with Gasteiger partial charge in [-0.1, -0.05) is 44.2 Å². The molecule has 190 valence electrons. The number of aliphatic hydroxyl groups is 1. The number of aliphatic hydroxyl groups excluding tert-OH is 1. The van der Waals surface area contributed by atoms with Gasteiger partial charge in [0.05, 0.1) is 19.3 Å². The van der Waals surface area contributed by atoms with E-state index < -0.39 is 0 Å². The second-order valence-corrected chi connectivity index (χ2v) is 9.18. The summed E-state index contributed by atoms with van der Waals surface area (Å²) in [5, 5.41) is 23.4. The molecule has 0 amide bonds. The van der Waals surface area contributed by atoms with Gasteiger partial charge in [0.15, 0.2) is 5.82 Å². The number of nitrogens with zero attached hydrogens (tertiary/aromatic N) is 5. The van der Waals surface area contributed by atoms with Crippen LogP contribution in [0.1, 0.15) is 43.8 Å². The van der Waals surface area contributed by atoms with Crippen molar-refractivity contribution >= 4 is 10.9 Å². The molecule has 0 aliphatic heterocycles. The monoisotopic (exact) mass is 490 g/mol. The van der Waals surface area contributed by atoms with Crippen molar-refractivity contribution in [1.29, 1.82) is 0 Å². The average molecular weight is 491 g/mol. The molecule has 1 unspecified atom stereocenters. The summed E-state index contributed by atoms with van der Waals surface area (Å²) >= 11 is 0. The number of hydrogen-bond acceptors (Lipinski definition) is 7. The summed E-state index contributed by atoms with van der Waals surface area (Å²) in [6.07, 6.45) is 0.802. The molecule has 4 rings (SSSR count). The molecule has 0 spiro atoms. The summed E-state index contributed by atoms with van der Waals surface area (Å²) in [5.74, 6) is 1.63. The van der Waals surface area contributed by atoms with Crippen molar-refractivity contribution in [1.82, 2.24) is 30.1 Å². The minimum absolute atomic E-state index is 0.0468. The van der Waals surface area contributed by atoms with Crippen molar-refractivity contribution in [2.75, 3.05) is 19.8 Å². The highest BCUT2D eigenvalue weighted by atomic mass is 16.5. The summed E-state index contributed by atoms with van der Waals surface area (Å²) in [6, 6.07) is 17.6. The van der Waals surface area contributed by atoms with E-state index in [9.17, 15) is 9.90 Å². The van der Waals surface area contributed by atoms with Crippen LogP contribution in [-0.2, 0) is 19.5 Å². The van der Waals surface area contributed by atoms with Crippen LogP contribution in [0.5, 0.6) is 5.75 Å². The Balaban J connectivity index is 1.63. The number of rotatable bonds is 12. The summed E-state index contributed by atoms with van der Waals surface area (Å²) in [4.78, 5) is 18.0. The van der Waals surface area contributed by atoms with E-state index in [2.05, 4.69) is 51.4 Å². The van der Waals surface area contributed by atoms with Crippen LogP contribution < -0.4 is 10.3 Å². The number of hydrogen-bond donors (Lipinski definition) is 2. The molecule has 9 nitrogen and oxygen atoms in total. The summed E-state index contributed by atoms with van der Waals surface area (Å²) in [6.45, 7) is 8.03. The second-order valence-electron chi connectivity index (χ2n) is 9.18. The Labute approximate surface area is 210 Å². The molecular formula is C27H34N6O3. The van der Waals surface area contributed by atoms with Crippen LogP contribution in [0.4, 0.5) is 0 Å². The molecule has 0 aliphatic carbocycles. The van der Waals surface area contributed by atoms with Crippen molar-refractivity contribution in [3.8, 4) is 5.75 Å². The number of aromatic nitrogens is 5. The number of tetrazole rings is 1. The van der Waals surface area contributed by atoms with Crippen LogP contribution in [0.3, 0.4) is 0 Å². The van der Waals surface area contributed by atoms with E-state index in [1.165, 1.54) is 5.56 Å². The van der Waals surface area contributed by atoms with Gasteiger partial charge in [-0.2, -0.15) is 0 Å². The van der Waals surface area contributed by atoms with Crippen molar-refractivity contribution in [3.63, 3.8) is 0 Å².